The van der Waals surface area contributed by atoms with Crippen LogP contribution < -0.4 is 5.32 Å². The van der Waals surface area contributed by atoms with Gasteiger partial charge in [0.1, 0.15) is 0 Å². The number of nitrogens with zero attached hydrogens (tertiary/aromatic N) is 1. The van der Waals surface area contributed by atoms with Crippen LogP contribution in [0.25, 0.3) is 0 Å². The number of nitrogens with one attached hydrogen (secondary N) is 1. The fraction of sp³-hybridized carbons (Fsp3) is 0.400. The van der Waals surface area contributed by atoms with Crippen LogP contribution in [0.4, 0.5) is 13.2 Å². The number of rotatable bonds is 2. The number of halogens is 3. The molecule has 0 spiro atoms. The van der Waals surface area contributed by atoms with Crippen molar-refractivity contribution < 1.29 is 13.2 Å². The van der Waals surface area contributed by atoms with E-state index in [0.717, 1.165) is 14.1 Å². The summed E-state index contributed by atoms with van der Waals surface area (Å²) < 4.78 is 36.2. The van der Waals surface area contributed by atoms with Crippen LogP contribution in [0.2, 0.25) is 0 Å². The molecule has 10 heavy (non-hydrogen) atoms. The maximum Gasteiger partial charge on any atom is 0.248 e. The number of hydrogen-bond donors (Lipinski definition) is 1. The van der Waals surface area contributed by atoms with Crippen molar-refractivity contribution in [2.24, 2.45) is 4.99 Å². The van der Waals surface area contributed by atoms with Crippen molar-refractivity contribution in [1.29, 1.82) is 0 Å². The van der Waals surface area contributed by atoms with Gasteiger partial charge in [-0.2, -0.15) is 13.2 Å². The Hall–Kier alpha value is -1.00. The summed E-state index contributed by atoms with van der Waals surface area (Å²) in [5.74, 6) is -4.42. The van der Waals surface area contributed by atoms with Crippen LogP contribution in [0.1, 0.15) is 0 Å². The molecule has 0 aliphatic rings. The number of allylic oxidation sites excluding steroid dienone is 1. The Morgan fingerprint density at radius 3 is 2.10 bits per heavy atom. The molecule has 0 aliphatic heterocycles. The molecule has 0 rings (SSSR count). The highest BCUT2D eigenvalue weighted by atomic mass is 19.2. The van der Waals surface area contributed by atoms with Crippen LogP contribution in [0.15, 0.2) is 16.8 Å². The molecule has 0 unspecified atom stereocenters. The van der Waals surface area contributed by atoms with E-state index in [2.05, 4.69) is 4.99 Å². The molecule has 2 nitrogen and oxygen atoms in total. The van der Waals surface area contributed by atoms with Gasteiger partial charge in [0.25, 0.3) is 0 Å². The summed E-state index contributed by atoms with van der Waals surface area (Å²) >= 11 is 0. The van der Waals surface area contributed by atoms with Crippen molar-refractivity contribution in [2.45, 2.75) is 0 Å². The first-order chi connectivity index (χ1) is 4.63. The molecule has 0 aromatic rings. The average Bonchev–Trinajstić information content (AvgIpc) is 2.00. The molecule has 0 atom stereocenters. The zero-order valence-corrected chi connectivity index (χ0v) is 5.58. The van der Waals surface area contributed by atoms with E-state index < -0.39 is 17.7 Å². The second-order valence-corrected chi connectivity index (χ2v) is 1.39. The number of aliphatic imine (C=N–C) groups is 1. The largest absolute Gasteiger partial charge is 0.362 e. The van der Waals surface area contributed by atoms with Crippen molar-refractivity contribution in [3.8, 4) is 0 Å². The topological polar surface area (TPSA) is 24.4 Å². The van der Waals surface area contributed by atoms with Gasteiger partial charge in [-0.25, -0.2) is 0 Å². The summed E-state index contributed by atoms with van der Waals surface area (Å²) in [7, 11) is 2.16. The molecular weight excluding hydrogens is 145 g/mol. The third kappa shape index (κ3) is 2.08. The summed E-state index contributed by atoms with van der Waals surface area (Å²) in [6, 6.07) is 0. The fourth-order valence-electron chi connectivity index (χ4n) is 0.298. The second-order valence-electron chi connectivity index (χ2n) is 1.39. The normalized spacial score (nSPS) is 14.7. The van der Waals surface area contributed by atoms with Crippen molar-refractivity contribution in [1.82, 2.24) is 5.32 Å². The van der Waals surface area contributed by atoms with Gasteiger partial charge < -0.3 is 5.32 Å². The Morgan fingerprint density at radius 1 is 1.30 bits per heavy atom. The van der Waals surface area contributed by atoms with Gasteiger partial charge in [-0.15, -0.1) is 0 Å². The molecule has 0 saturated carbocycles. The Bertz CT molecular complexity index is 174. The predicted octanol–water partition coefficient (Wildman–Crippen LogP) is 1.31. The first-order valence-electron chi connectivity index (χ1n) is 2.49. The Labute approximate surface area is 56.5 Å². The summed E-state index contributed by atoms with van der Waals surface area (Å²) in [6.07, 6.45) is 0. The van der Waals surface area contributed by atoms with Crippen LogP contribution in [0, 0.1) is 0 Å². The van der Waals surface area contributed by atoms with Gasteiger partial charge in [-0.1, -0.05) is 0 Å². The summed E-state index contributed by atoms with van der Waals surface area (Å²) in [5.41, 5.74) is 0. The minimum Gasteiger partial charge on any atom is -0.362 e. The molecule has 0 fully saturated rings. The standard InChI is InChI=1S/C5H7F3N2/c1-9-4(7)3(6)5(8)10-2/h9H,1-2H3/b4-3+,10-5+. The molecule has 58 valence electrons. The molecule has 0 radical (unpaired) electrons. The van der Waals surface area contributed by atoms with Crippen molar-refractivity contribution in [2.75, 3.05) is 14.1 Å². The summed E-state index contributed by atoms with van der Waals surface area (Å²) in [4.78, 5) is 2.79. The van der Waals surface area contributed by atoms with Crippen molar-refractivity contribution >= 4 is 5.97 Å². The smallest absolute Gasteiger partial charge is 0.248 e. The lowest BCUT2D eigenvalue weighted by Crippen LogP contribution is -2.06. The molecule has 5 heteroatoms. The van der Waals surface area contributed by atoms with Crippen LogP contribution >= 0.6 is 0 Å². The van der Waals surface area contributed by atoms with E-state index in [4.69, 9.17) is 0 Å². The van der Waals surface area contributed by atoms with Crippen LogP contribution in [0.5, 0.6) is 0 Å². The Balaban J connectivity index is 4.46. The van der Waals surface area contributed by atoms with E-state index in [1.54, 1.807) is 5.32 Å². The lowest BCUT2D eigenvalue weighted by Gasteiger charge is -1.94. The van der Waals surface area contributed by atoms with Gasteiger partial charge in [-0.05, 0) is 0 Å². The minimum absolute atomic E-state index is 1.03. The van der Waals surface area contributed by atoms with Gasteiger partial charge in [0, 0.05) is 14.1 Å². The van der Waals surface area contributed by atoms with Gasteiger partial charge >= 0.3 is 0 Å². The predicted molar refractivity (Wildman–Crippen MR) is 32.8 cm³/mol. The molecule has 1 N–H and O–H groups in total. The average molecular weight is 152 g/mol. The van der Waals surface area contributed by atoms with E-state index in [0.29, 0.717) is 0 Å². The van der Waals surface area contributed by atoms with Crippen LogP contribution in [0.3, 0.4) is 0 Å². The van der Waals surface area contributed by atoms with Gasteiger partial charge in [0.2, 0.25) is 17.7 Å². The first kappa shape index (κ1) is 9.00. The first-order valence-corrected chi connectivity index (χ1v) is 2.49. The minimum atomic E-state index is -1.61. The molecule has 0 aliphatic carbocycles. The molecule has 0 bridgehead atoms. The van der Waals surface area contributed by atoms with Crippen molar-refractivity contribution in [3.05, 3.63) is 11.8 Å². The van der Waals surface area contributed by atoms with Gasteiger partial charge in [0.15, 0.2) is 0 Å². The molecule has 0 aromatic heterocycles. The van der Waals surface area contributed by atoms with E-state index in [1.807, 2.05) is 0 Å². The fourth-order valence-corrected chi connectivity index (χ4v) is 0.298. The Morgan fingerprint density at radius 2 is 1.80 bits per heavy atom. The van der Waals surface area contributed by atoms with Crippen molar-refractivity contribution in [3.63, 3.8) is 0 Å². The van der Waals surface area contributed by atoms with E-state index >= 15 is 0 Å². The third-order valence-electron chi connectivity index (χ3n) is 0.790. The van der Waals surface area contributed by atoms with E-state index in [9.17, 15) is 13.2 Å². The van der Waals surface area contributed by atoms with Crippen LogP contribution in [-0.4, -0.2) is 20.1 Å². The molecule has 0 heterocycles. The quantitative estimate of drug-likeness (QED) is 0.468. The van der Waals surface area contributed by atoms with E-state index in [1.165, 1.54) is 0 Å². The van der Waals surface area contributed by atoms with Crippen LogP contribution in [-0.2, 0) is 0 Å². The highest BCUT2D eigenvalue weighted by molar-refractivity contribution is 5.90. The Kier molecular flexibility index (Phi) is 3.53. The SMILES string of the molecule is C/N=C(F)\C(F)=C(\F)NC. The number of hydrogen-bond acceptors (Lipinski definition) is 2. The van der Waals surface area contributed by atoms with Gasteiger partial charge in [-0.3, -0.25) is 4.99 Å². The zero-order valence-electron chi connectivity index (χ0n) is 5.58. The molecule has 0 aromatic carbocycles. The highest BCUT2D eigenvalue weighted by Gasteiger charge is 2.10. The second kappa shape index (κ2) is 3.92. The molecule has 0 saturated heterocycles. The highest BCUT2D eigenvalue weighted by Crippen LogP contribution is 2.07. The zero-order chi connectivity index (χ0) is 8.15. The maximum absolute atomic E-state index is 12.1. The molecular formula is C5H7F3N2. The monoisotopic (exact) mass is 152 g/mol. The van der Waals surface area contributed by atoms with E-state index in [-0.39, 0.29) is 0 Å². The molecule has 0 amide bonds. The maximum atomic E-state index is 12.1. The van der Waals surface area contributed by atoms with Gasteiger partial charge in [0.05, 0.1) is 0 Å². The lowest BCUT2D eigenvalue weighted by molar-refractivity contribution is 0.506. The summed E-state index contributed by atoms with van der Waals surface area (Å²) in [6.45, 7) is 0. The third-order valence-corrected chi connectivity index (χ3v) is 0.790. The summed E-state index contributed by atoms with van der Waals surface area (Å²) in [5, 5.41) is 1.80. The lowest BCUT2D eigenvalue weighted by atomic mass is 10.5.